The molecule has 0 radical (unpaired) electrons. The standard InChI is InChI=1S/C10H8BrFN2S/c1-6(11)5-14-9-3-2-7(12)4-8(9)13-10(14)15/h2-4H,1,5H2,(H,13,15). The van der Waals surface area contributed by atoms with Gasteiger partial charge in [0.25, 0.3) is 0 Å². The van der Waals surface area contributed by atoms with Gasteiger partial charge < -0.3 is 9.55 Å². The van der Waals surface area contributed by atoms with Crippen LogP contribution < -0.4 is 0 Å². The lowest BCUT2D eigenvalue weighted by molar-refractivity contribution is 0.629. The van der Waals surface area contributed by atoms with Gasteiger partial charge in [-0.15, -0.1) is 0 Å². The Kier molecular flexibility index (Phi) is 2.75. The van der Waals surface area contributed by atoms with E-state index in [0.717, 1.165) is 10.00 Å². The topological polar surface area (TPSA) is 20.7 Å². The number of imidazole rings is 1. The molecule has 0 bridgehead atoms. The Morgan fingerprint density at radius 3 is 3.00 bits per heavy atom. The lowest BCUT2D eigenvalue weighted by Crippen LogP contribution is -1.96. The molecule has 0 aliphatic rings. The van der Waals surface area contributed by atoms with Crippen LogP contribution in [0.4, 0.5) is 4.39 Å². The Morgan fingerprint density at radius 1 is 1.60 bits per heavy atom. The van der Waals surface area contributed by atoms with Crippen LogP contribution >= 0.6 is 28.1 Å². The van der Waals surface area contributed by atoms with Crippen LogP contribution in [0.5, 0.6) is 0 Å². The fourth-order valence-electron chi connectivity index (χ4n) is 1.46. The number of nitrogens with one attached hydrogen (secondary N) is 1. The van der Waals surface area contributed by atoms with Crippen molar-refractivity contribution in [1.82, 2.24) is 9.55 Å². The van der Waals surface area contributed by atoms with Crippen molar-refractivity contribution in [3.63, 3.8) is 0 Å². The second-order valence-corrected chi connectivity index (χ2v) is 4.70. The number of aromatic amines is 1. The molecule has 5 heteroatoms. The van der Waals surface area contributed by atoms with Gasteiger partial charge in [-0.05, 0) is 30.4 Å². The summed E-state index contributed by atoms with van der Waals surface area (Å²) < 4.78 is 16.2. The van der Waals surface area contributed by atoms with Crippen molar-refractivity contribution in [1.29, 1.82) is 0 Å². The summed E-state index contributed by atoms with van der Waals surface area (Å²) in [6.45, 7) is 4.33. The molecule has 1 aromatic heterocycles. The zero-order valence-electron chi connectivity index (χ0n) is 7.76. The quantitative estimate of drug-likeness (QED) is 0.834. The first-order chi connectivity index (χ1) is 7.08. The van der Waals surface area contributed by atoms with Gasteiger partial charge in [0.15, 0.2) is 4.77 Å². The van der Waals surface area contributed by atoms with E-state index in [4.69, 9.17) is 12.2 Å². The zero-order valence-corrected chi connectivity index (χ0v) is 10.2. The summed E-state index contributed by atoms with van der Waals surface area (Å²) in [4.78, 5) is 2.95. The SMILES string of the molecule is C=C(Br)Cn1c(=S)[nH]c2cc(F)ccc21. The van der Waals surface area contributed by atoms with Crippen molar-refractivity contribution < 1.29 is 4.39 Å². The number of nitrogens with zero attached hydrogens (tertiary/aromatic N) is 1. The van der Waals surface area contributed by atoms with Gasteiger partial charge in [-0.25, -0.2) is 4.39 Å². The van der Waals surface area contributed by atoms with E-state index in [1.807, 2.05) is 4.57 Å². The summed E-state index contributed by atoms with van der Waals surface area (Å²) in [6, 6.07) is 4.55. The number of benzene rings is 1. The average Bonchev–Trinajstić information content (AvgIpc) is 2.41. The first kappa shape index (κ1) is 10.6. The van der Waals surface area contributed by atoms with Crippen LogP contribution in [0.15, 0.2) is 29.3 Å². The van der Waals surface area contributed by atoms with Crippen LogP contribution in [0.25, 0.3) is 11.0 Å². The second kappa shape index (κ2) is 3.90. The van der Waals surface area contributed by atoms with Crippen molar-refractivity contribution >= 4 is 39.2 Å². The minimum Gasteiger partial charge on any atom is -0.330 e. The summed E-state index contributed by atoms with van der Waals surface area (Å²) in [7, 11) is 0. The Bertz CT molecular complexity index is 585. The van der Waals surface area contributed by atoms with Crippen LogP contribution in [-0.4, -0.2) is 9.55 Å². The van der Waals surface area contributed by atoms with E-state index in [2.05, 4.69) is 27.5 Å². The van der Waals surface area contributed by atoms with Gasteiger partial charge in [0.05, 0.1) is 17.6 Å². The highest BCUT2D eigenvalue weighted by molar-refractivity contribution is 9.11. The molecule has 78 valence electrons. The van der Waals surface area contributed by atoms with Crippen LogP contribution in [0, 0.1) is 10.6 Å². The van der Waals surface area contributed by atoms with Gasteiger partial charge in [-0.1, -0.05) is 22.5 Å². The molecule has 0 amide bonds. The smallest absolute Gasteiger partial charge is 0.178 e. The van der Waals surface area contributed by atoms with E-state index >= 15 is 0 Å². The van der Waals surface area contributed by atoms with Gasteiger partial charge in [0, 0.05) is 4.48 Å². The lowest BCUT2D eigenvalue weighted by Gasteiger charge is -2.01. The predicted molar refractivity (Wildman–Crippen MR) is 65.1 cm³/mol. The molecular formula is C10H8BrFN2S. The van der Waals surface area contributed by atoms with Crippen molar-refractivity contribution in [2.75, 3.05) is 0 Å². The van der Waals surface area contributed by atoms with E-state index in [9.17, 15) is 4.39 Å². The van der Waals surface area contributed by atoms with E-state index in [-0.39, 0.29) is 5.82 Å². The van der Waals surface area contributed by atoms with E-state index in [1.54, 1.807) is 6.07 Å². The zero-order chi connectivity index (χ0) is 11.0. The molecule has 1 N–H and O–H groups in total. The molecule has 0 saturated heterocycles. The van der Waals surface area contributed by atoms with Crippen LogP contribution in [-0.2, 0) is 6.54 Å². The van der Waals surface area contributed by atoms with Gasteiger partial charge in [0.2, 0.25) is 0 Å². The number of aromatic nitrogens is 2. The fourth-order valence-corrected chi connectivity index (χ4v) is 1.99. The van der Waals surface area contributed by atoms with Crippen molar-refractivity contribution in [3.05, 3.63) is 39.8 Å². The van der Waals surface area contributed by atoms with Gasteiger partial charge in [-0.3, -0.25) is 0 Å². The van der Waals surface area contributed by atoms with Crippen molar-refractivity contribution in [3.8, 4) is 0 Å². The molecule has 1 heterocycles. The van der Waals surface area contributed by atoms with Crippen molar-refractivity contribution in [2.45, 2.75) is 6.54 Å². The minimum atomic E-state index is -0.274. The maximum atomic E-state index is 13.0. The first-order valence-electron chi connectivity index (χ1n) is 4.29. The average molecular weight is 287 g/mol. The molecule has 2 aromatic rings. The van der Waals surface area contributed by atoms with Crippen molar-refractivity contribution in [2.24, 2.45) is 0 Å². The highest BCUT2D eigenvalue weighted by Gasteiger charge is 2.05. The summed E-state index contributed by atoms with van der Waals surface area (Å²) in [5.41, 5.74) is 1.58. The molecule has 0 atom stereocenters. The number of hydrogen-bond acceptors (Lipinski definition) is 1. The number of H-pyrrole nitrogens is 1. The molecule has 0 aliphatic carbocycles. The molecular weight excluding hydrogens is 279 g/mol. The number of hydrogen-bond donors (Lipinski definition) is 1. The van der Waals surface area contributed by atoms with E-state index in [1.165, 1.54) is 12.1 Å². The number of allylic oxidation sites excluding steroid dienone is 1. The Hall–Kier alpha value is -0.940. The molecule has 2 rings (SSSR count). The third-order valence-corrected chi connectivity index (χ3v) is 2.64. The maximum absolute atomic E-state index is 13.0. The van der Waals surface area contributed by atoms with Gasteiger partial charge in [-0.2, -0.15) is 0 Å². The molecule has 15 heavy (non-hydrogen) atoms. The maximum Gasteiger partial charge on any atom is 0.178 e. The first-order valence-corrected chi connectivity index (χ1v) is 5.49. The summed E-state index contributed by atoms with van der Waals surface area (Å²) >= 11 is 8.42. The molecule has 0 spiro atoms. The van der Waals surface area contributed by atoms with Crippen LogP contribution in [0.2, 0.25) is 0 Å². The van der Waals surface area contributed by atoms with Gasteiger partial charge >= 0.3 is 0 Å². The Balaban J connectivity index is 2.68. The summed E-state index contributed by atoms with van der Waals surface area (Å²) in [5.74, 6) is -0.274. The summed E-state index contributed by atoms with van der Waals surface area (Å²) in [6.07, 6.45) is 0. The van der Waals surface area contributed by atoms with Gasteiger partial charge in [0.1, 0.15) is 5.82 Å². The van der Waals surface area contributed by atoms with Crippen LogP contribution in [0.3, 0.4) is 0 Å². The van der Waals surface area contributed by atoms with E-state index < -0.39 is 0 Å². The number of halogens is 2. The van der Waals surface area contributed by atoms with Crippen LogP contribution in [0.1, 0.15) is 0 Å². The highest BCUT2D eigenvalue weighted by atomic mass is 79.9. The molecule has 0 aliphatic heterocycles. The largest absolute Gasteiger partial charge is 0.330 e. The molecule has 0 unspecified atom stereocenters. The lowest BCUT2D eigenvalue weighted by atomic mass is 10.3. The third-order valence-electron chi connectivity index (χ3n) is 2.07. The molecule has 0 fully saturated rings. The summed E-state index contributed by atoms with van der Waals surface area (Å²) in [5, 5.41) is 0. The molecule has 2 nitrogen and oxygen atoms in total. The Morgan fingerprint density at radius 2 is 2.33 bits per heavy atom. The minimum absolute atomic E-state index is 0.274. The second-order valence-electron chi connectivity index (χ2n) is 3.20. The normalized spacial score (nSPS) is 10.8. The highest BCUT2D eigenvalue weighted by Crippen LogP contribution is 2.17. The molecule has 0 saturated carbocycles. The number of rotatable bonds is 2. The fraction of sp³-hybridized carbons (Fsp3) is 0.100. The third kappa shape index (κ3) is 2.03. The Labute approximate surface area is 99.5 Å². The molecule has 1 aromatic carbocycles. The predicted octanol–water partition coefficient (Wildman–Crippen LogP) is 3.75. The number of fused-ring (bicyclic) bond motifs is 1. The van der Waals surface area contributed by atoms with E-state index in [0.29, 0.717) is 16.8 Å². The monoisotopic (exact) mass is 286 g/mol.